The normalized spacial score (nSPS) is 31.0. The predicted molar refractivity (Wildman–Crippen MR) is 76.6 cm³/mol. The van der Waals surface area contributed by atoms with E-state index in [0.29, 0.717) is 15.7 Å². The van der Waals surface area contributed by atoms with Gasteiger partial charge in [-0.15, -0.1) is 0 Å². The average Bonchev–Trinajstić information content (AvgIpc) is 2.67. The number of Topliss-reactive ketones (excluding diaryl/α,β-unsaturated/α-hetero) is 1. The van der Waals surface area contributed by atoms with Crippen molar-refractivity contribution in [3.8, 4) is 0 Å². The van der Waals surface area contributed by atoms with Crippen LogP contribution in [0.2, 0.25) is 0 Å². The first-order valence-electron chi connectivity index (χ1n) is 6.43. The molecular formula is C14H14BrNO5. The number of ketones is 1. The van der Waals surface area contributed by atoms with Crippen LogP contribution in [0.25, 0.3) is 0 Å². The zero-order valence-corrected chi connectivity index (χ0v) is 13.1. The fraction of sp³-hybridized carbons (Fsp3) is 0.429. The standard InChI is InChI=1S/C14H14BrNO5/c1-13(2)20-6-9(17)11(21-13)14(19)10-7(15)4-3-5-8(10)16-12(14)18/h3-5,11,19H,6H2,1-2H3,(H,16,18)/t11-,14+/m1/s1. The quantitative estimate of drug-likeness (QED) is 0.793. The number of rotatable bonds is 1. The molecule has 1 fully saturated rings. The van der Waals surface area contributed by atoms with E-state index in [0.717, 1.165) is 0 Å². The minimum absolute atomic E-state index is 0.215. The molecule has 2 heterocycles. The zero-order valence-electron chi connectivity index (χ0n) is 11.5. The summed E-state index contributed by atoms with van der Waals surface area (Å²) in [6.45, 7) is 3.04. The Kier molecular flexibility index (Phi) is 3.21. The molecule has 21 heavy (non-hydrogen) atoms. The van der Waals surface area contributed by atoms with Crippen molar-refractivity contribution in [3.05, 3.63) is 28.2 Å². The molecule has 2 N–H and O–H groups in total. The summed E-state index contributed by atoms with van der Waals surface area (Å²) in [5.74, 6) is -2.21. The predicted octanol–water partition coefficient (Wildman–Crippen LogP) is 1.31. The van der Waals surface area contributed by atoms with Gasteiger partial charge in [0.2, 0.25) is 5.60 Å². The summed E-state index contributed by atoms with van der Waals surface area (Å²) in [6, 6.07) is 5.08. The van der Waals surface area contributed by atoms with Crippen molar-refractivity contribution in [2.75, 3.05) is 11.9 Å². The van der Waals surface area contributed by atoms with E-state index in [1.165, 1.54) is 0 Å². The van der Waals surface area contributed by atoms with E-state index in [4.69, 9.17) is 9.47 Å². The number of fused-ring (bicyclic) bond motifs is 1. The Morgan fingerprint density at radius 3 is 2.81 bits per heavy atom. The van der Waals surface area contributed by atoms with Crippen LogP contribution in [-0.2, 0) is 24.7 Å². The second-order valence-electron chi connectivity index (χ2n) is 5.54. The van der Waals surface area contributed by atoms with E-state index >= 15 is 0 Å². The molecule has 2 aliphatic rings. The van der Waals surface area contributed by atoms with Crippen LogP contribution in [0.15, 0.2) is 22.7 Å². The number of carbonyl (C=O) groups excluding carboxylic acids is 2. The molecule has 2 atom stereocenters. The first-order valence-corrected chi connectivity index (χ1v) is 7.22. The third-order valence-corrected chi connectivity index (χ3v) is 4.29. The van der Waals surface area contributed by atoms with Gasteiger partial charge in [-0.1, -0.05) is 22.0 Å². The maximum atomic E-state index is 12.3. The summed E-state index contributed by atoms with van der Waals surface area (Å²) in [5.41, 5.74) is -1.31. The Balaban J connectivity index is 2.13. The molecule has 0 radical (unpaired) electrons. The molecule has 0 aromatic heterocycles. The van der Waals surface area contributed by atoms with Gasteiger partial charge in [-0.2, -0.15) is 0 Å². The van der Waals surface area contributed by atoms with Gasteiger partial charge in [0.25, 0.3) is 5.91 Å². The summed E-state index contributed by atoms with van der Waals surface area (Å²) >= 11 is 3.32. The largest absolute Gasteiger partial charge is 0.373 e. The maximum Gasteiger partial charge on any atom is 0.264 e. The SMILES string of the molecule is CC1(C)OCC(=O)[C@H]([C@]2(O)C(=O)Nc3cccc(Br)c32)O1. The number of hydrogen-bond donors (Lipinski definition) is 2. The van der Waals surface area contributed by atoms with E-state index < -0.39 is 29.2 Å². The number of ether oxygens (including phenoxy) is 2. The Labute approximate surface area is 129 Å². The molecular weight excluding hydrogens is 342 g/mol. The Bertz CT molecular complexity index is 644. The van der Waals surface area contributed by atoms with Gasteiger partial charge in [0.1, 0.15) is 6.61 Å². The summed E-state index contributed by atoms with van der Waals surface area (Å²) in [7, 11) is 0. The molecule has 6 nitrogen and oxygen atoms in total. The van der Waals surface area contributed by atoms with Crippen molar-refractivity contribution in [1.82, 2.24) is 0 Å². The summed E-state index contributed by atoms with van der Waals surface area (Å²) in [6.07, 6.45) is -1.32. The van der Waals surface area contributed by atoms with Gasteiger partial charge < -0.3 is 19.9 Å². The fourth-order valence-electron chi connectivity index (χ4n) is 2.62. The van der Waals surface area contributed by atoms with E-state index in [1.807, 2.05) is 0 Å². The van der Waals surface area contributed by atoms with Gasteiger partial charge in [-0.05, 0) is 26.0 Å². The van der Waals surface area contributed by atoms with Crippen molar-refractivity contribution in [2.45, 2.75) is 31.3 Å². The highest BCUT2D eigenvalue weighted by Crippen LogP contribution is 2.45. The van der Waals surface area contributed by atoms with Crippen LogP contribution in [0.1, 0.15) is 19.4 Å². The van der Waals surface area contributed by atoms with Gasteiger partial charge in [0, 0.05) is 15.7 Å². The number of hydrogen-bond acceptors (Lipinski definition) is 5. The minimum Gasteiger partial charge on any atom is -0.373 e. The number of anilines is 1. The highest BCUT2D eigenvalue weighted by atomic mass is 79.9. The van der Waals surface area contributed by atoms with Crippen molar-refractivity contribution in [1.29, 1.82) is 0 Å². The number of amides is 1. The van der Waals surface area contributed by atoms with Crippen LogP contribution in [0.5, 0.6) is 0 Å². The highest BCUT2D eigenvalue weighted by molar-refractivity contribution is 9.10. The molecule has 1 aromatic carbocycles. The number of benzene rings is 1. The number of halogens is 1. The molecule has 1 amide bonds. The second-order valence-corrected chi connectivity index (χ2v) is 6.39. The van der Waals surface area contributed by atoms with Crippen LogP contribution >= 0.6 is 15.9 Å². The van der Waals surface area contributed by atoms with Crippen LogP contribution in [0.3, 0.4) is 0 Å². The third-order valence-electron chi connectivity index (χ3n) is 3.62. The third kappa shape index (κ3) is 2.12. The number of aliphatic hydroxyl groups is 1. The van der Waals surface area contributed by atoms with Crippen LogP contribution in [0.4, 0.5) is 5.69 Å². The molecule has 1 saturated heterocycles. The molecule has 0 bridgehead atoms. The lowest BCUT2D eigenvalue weighted by Gasteiger charge is -2.40. The molecule has 7 heteroatoms. The monoisotopic (exact) mass is 355 g/mol. The molecule has 0 saturated carbocycles. The number of carbonyl (C=O) groups is 2. The van der Waals surface area contributed by atoms with E-state index in [-0.39, 0.29) is 6.61 Å². The molecule has 0 unspecified atom stereocenters. The lowest BCUT2D eigenvalue weighted by Crippen LogP contribution is -2.58. The lowest BCUT2D eigenvalue weighted by molar-refractivity contribution is -0.282. The summed E-state index contributed by atoms with van der Waals surface area (Å²) in [5, 5.41) is 13.6. The van der Waals surface area contributed by atoms with Crippen LogP contribution in [-0.4, -0.2) is 35.3 Å². The molecule has 0 spiro atoms. The smallest absolute Gasteiger partial charge is 0.264 e. The summed E-state index contributed by atoms with van der Waals surface area (Å²) in [4.78, 5) is 24.4. The van der Waals surface area contributed by atoms with Crippen LogP contribution in [0, 0.1) is 0 Å². The van der Waals surface area contributed by atoms with Gasteiger partial charge in [0.05, 0.1) is 0 Å². The van der Waals surface area contributed by atoms with Crippen molar-refractivity contribution in [3.63, 3.8) is 0 Å². The average molecular weight is 356 g/mol. The van der Waals surface area contributed by atoms with E-state index in [9.17, 15) is 14.7 Å². The number of nitrogens with one attached hydrogen (secondary N) is 1. The Hall–Kier alpha value is -1.28. The first kappa shape index (κ1) is 14.6. The molecule has 1 aromatic rings. The molecule has 3 rings (SSSR count). The Morgan fingerprint density at radius 1 is 1.38 bits per heavy atom. The maximum absolute atomic E-state index is 12.3. The van der Waals surface area contributed by atoms with Crippen molar-refractivity contribution in [2.24, 2.45) is 0 Å². The molecule has 112 valence electrons. The van der Waals surface area contributed by atoms with Crippen molar-refractivity contribution >= 4 is 33.3 Å². The Morgan fingerprint density at radius 2 is 2.10 bits per heavy atom. The second kappa shape index (κ2) is 4.61. The van der Waals surface area contributed by atoms with Crippen molar-refractivity contribution < 1.29 is 24.2 Å². The fourth-order valence-corrected chi connectivity index (χ4v) is 3.29. The van der Waals surface area contributed by atoms with E-state index in [1.54, 1.807) is 32.0 Å². The van der Waals surface area contributed by atoms with Gasteiger partial charge in [0.15, 0.2) is 17.7 Å². The van der Waals surface area contributed by atoms with Gasteiger partial charge in [-0.3, -0.25) is 9.59 Å². The highest BCUT2D eigenvalue weighted by Gasteiger charge is 2.58. The molecule has 0 aliphatic carbocycles. The molecule has 2 aliphatic heterocycles. The summed E-state index contributed by atoms with van der Waals surface area (Å²) < 4.78 is 11.3. The zero-order chi connectivity index (χ0) is 15.4. The minimum atomic E-state index is -2.08. The van der Waals surface area contributed by atoms with E-state index in [2.05, 4.69) is 21.2 Å². The van der Waals surface area contributed by atoms with Gasteiger partial charge in [-0.25, -0.2) is 0 Å². The first-order chi connectivity index (χ1) is 9.75. The lowest BCUT2D eigenvalue weighted by atomic mass is 9.86. The van der Waals surface area contributed by atoms with Crippen LogP contribution < -0.4 is 5.32 Å². The van der Waals surface area contributed by atoms with Gasteiger partial charge >= 0.3 is 0 Å². The topological polar surface area (TPSA) is 84.9 Å².